The topological polar surface area (TPSA) is 64.3 Å². The Morgan fingerprint density at radius 1 is 1.35 bits per heavy atom. The number of nitrogens with one attached hydrogen (secondary N) is 1. The summed E-state index contributed by atoms with van der Waals surface area (Å²) in [4.78, 5) is 12.3. The highest BCUT2D eigenvalue weighted by Crippen LogP contribution is 2.31. The van der Waals surface area contributed by atoms with E-state index in [1.54, 1.807) is 0 Å². The maximum absolute atomic E-state index is 12.3. The molecule has 0 radical (unpaired) electrons. The SMILES string of the molecule is CCC(Oc1ccccc1C(C)C)C(=O)NCC(N)C1CC1.Cl. The third-order valence-corrected chi connectivity index (χ3v) is 4.21. The van der Waals surface area contributed by atoms with E-state index in [-0.39, 0.29) is 24.4 Å². The van der Waals surface area contributed by atoms with Crippen LogP contribution in [0.2, 0.25) is 0 Å². The molecule has 0 spiro atoms. The summed E-state index contributed by atoms with van der Waals surface area (Å²) in [5.41, 5.74) is 7.16. The third kappa shape index (κ3) is 5.70. The molecule has 0 bridgehead atoms. The highest BCUT2D eigenvalue weighted by Gasteiger charge is 2.29. The number of para-hydroxylation sites is 1. The van der Waals surface area contributed by atoms with Gasteiger partial charge in [0.25, 0.3) is 5.91 Å². The Kier molecular flexibility index (Phi) is 7.86. The fourth-order valence-corrected chi connectivity index (χ4v) is 2.56. The minimum Gasteiger partial charge on any atom is -0.480 e. The van der Waals surface area contributed by atoms with Gasteiger partial charge in [-0.2, -0.15) is 0 Å². The number of rotatable bonds is 8. The zero-order valence-electron chi connectivity index (χ0n) is 14.2. The molecule has 130 valence electrons. The lowest BCUT2D eigenvalue weighted by Crippen LogP contribution is -2.44. The predicted octanol–water partition coefficient (Wildman–Crippen LogP) is 3.24. The number of hydrogen-bond acceptors (Lipinski definition) is 3. The van der Waals surface area contributed by atoms with Crippen molar-refractivity contribution in [1.82, 2.24) is 5.32 Å². The van der Waals surface area contributed by atoms with Gasteiger partial charge in [0.2, 0.25) is 0 Å². The summed E-state index contributed by atoms with van der Waals surface area (Å²) in [7, 11) is 0. The average Bonchev–Trinajstić information content (AvgIpc) is 3.35. The summed E-state index contributed by atoms with van der Waals surface area (Å²) < 4.78 is 5.97. The van der Waals surface area contributed by atoms with Gasteiger partial charge in [0.1, 0.15) is 5.75 Å². The molecule has 0 saturated heterocycles. The van der Waals surface area contributed by atoms with Crippen LogP contribution >= 0.6 is 12.4 Å². The van der Waals surface area contributed by atoms with E-state index in [1.165, 1.54) is 12.8 Å². The monoisotopic (exact) mass is 340 g/mol. The molecule has 1 fully saturated rings. The van der Waals surface area contributed by atoms with Gasteiger partial charge in [0.05, 0.1) is 0 Å². The van der Waals surface area contributed by atoms with Crippen LogP contribution in [0.5, 0.6) is 5.75 Å². The van der Waals surface area contributed by atoms with Crippen molar-refractivity contribution in [1.29, 1.82) is 0 Å². The molecular weight excluding hydrogens is 312 g/mol. The van der Waals surface area contributed by atoms with E-state index in [1.807, 2.05) is 31.2 Å². The standard InChI is InChI=1S/C18H28N2O2.ClH/c1-4-16(18(21)20-11-15(19)13-9-10-13)22-17-8-6-5-7-14(17)12(2)3;/h5-8,12-13,15-16H,4,9-11,19H2,1-3H3,(H,20,21);1H. The number of halogens is 1. The van der Waals surface area contributed by atoms with Crippen molar-refractivity contribution in [3.05, 3.63) is 29.8 Å². The summed E-state index contributed by atoms with van der Waals surface area (Å²) in [6.07, 6.45) is 2.54. The molecule has 2 atom stereocenters. The van der Waals surface area contributed by atoms with Crippen molar-refractivity contribution >= 4 is 18.3 Å². The lowest BCUT2D eigenvalue weighted by atomic mass is 10.0. The Hall–Kier alpha value is -1.26. The zero-order chi connectivity index (χ0) is 16.1. The van der Waals surface area contributed by atoms with Gasteiger partial charge in [-0.1, -0.05) is 39.0 Å². The first-order chi connectivity index (χ1) is 10.5. The van der Waals surface area contributed by atoms with E-state index in [0.29, 0.717) is 24.8 Å². The van der Waals surface area contributed by atoms with Crippen LogP contribution in [0.15, 0.2) is 24.3 Å². The van der Waals surface area contributed by atoms with Crippen molar-refractivity contribution in [3.63, 3.8) is 0 Å². The zero-order valence-corrected chi connectivity index (χ0v) is 15.1. The van der Waals surface area contributed by atoms with Crippen molar-refractivity contribution in [2.24, 2.45) is 11.7 Å². The molecule has 1 saturated carbocycles. The van der Waals surface area contributed by atoms with Crippen LogP contribution in [0.3, 0.4) is 0 Å². The highest BCUT2D eigenvalue weighted by molar-refractivity contribution is 5.85. The minimum atomic E-state index is -0.466. The normalized spacial score (nSPS) is 16.4. The van der Waals surface area contributed by atoms with E-state index in [0.717, 1.165) is 11.3 Å². The maximum Gasteiger partial charge on any atom is 0.261 e. The molecule has 0 aliphatic heterocycles. The van der Waals surface area contributed by atoms with Crippen LogP contribution in [-0.2, 0) is 4.79 Å². The number of carbonyl (C=O) groups excluding carboxylic acids is 1. The van der Waals surface area contributed by atoms with E-state index in [2.05, 4.69) is 19.2 Å². The second-order valence-corrected chi connectivity index (χ2v) is 6.45. The van der Waals surface area contributed by atoms with Crippen LogP contribution in [0.4, 0.5) is 0 Å². The van der Waals surface area contributed by atoms with Crippen LogP contribution < -0.4 is 15.8 Å². The molecule has 23 heavy (non-hydrogen) atoms. The number of carbonyl (C=O) groups is 1. The van der Waals surface area contributed by atoms with E-state index in [9.17, 15) is 4.79 Å². The first-order valence-electron chi connectivity index (χ1n) is 8.31. The summed E-state index contributed by atoms with van der Waals surface area (Å²) in [6, 6.07) is 7.99. The van der Waals surface area contributed by atoms with Crippen molar-refractivity contribution in [2.45, 2.75) is 58.1 Å². The molecule has 4 nitrogen and oxygen atoms in total. The summed E-state index contributed by atoms with van der Waals surface area (Å²) in [5.74, 6) is 1.67. The van der Waals surface area contributed by atoms with Crippen LogP contribution in [0, 0.1) is 5.92 Å². The predicted molar refractivity (Wildman–Crippen MR) is 96.2 cm³/mol. The molecule has 1 aliphatic carbocycles. The lowest BCUT2D eigenvalue weighted by Gasteiger charge is -2.21. The Labute approximate surface area is 145 Å². The van der Waals surface area contributed by atoms with E-state index in [4.69, 9.17) is 10.5 Å². The van der Waals surface area contributed by atoms with E-state index >= 15 is 0 Å². The molecule has 5 heteroatoms. The van der Waals surface area contributed by atoms with Gasteiger partial charge in [-0.15, -0.1) is 12.4 Å². The largest absolute Gasteiger partial charge is 0.480 e. The Morgan fingerprint density at radius 2 is 2.00 bits per heavy atom. The number of ether oxygens (including phenoxy) is 1. The first-order valence-corrected chi connectivity index (χ1v) is 8.31. The number of amides is 1. The molecule has 3 N–H and O–H groups in total. The number of nitrogens with two attached hydrogens (primary N) is 1. The van der Waals surface area contributed by atoms with Crippen molar-refractivity contribution in [3.8, 4) is 5.75 Å². The lowest BCUT2D eigenvalue weighted by molar-refractivity contribution is -0.128. The summed E-state index contributed by atoms with van der Waals surface area (Å²) in [6.45, 7) is 6.74. The van der Waals surface area contributed by atoms with Gasteiger partial charge in [-0.3, -0.25) is 4.79 Å². The molecule has 2 rings (SSSR count). The van der Waals surface area contributed by atoms with Crippen LogP contribution in [0.1, 0.15) is 51.5 Å². The summed E-state index contributed by atoms with van der Waals surface area (Å²) >= 11 is 0. The third-order valence-electron chi connectivity index (χ3n) is 4.21. The van der Waals surface area contributed by atoms with Gasteiger partial charge >= 0.3 is 0 Å². The smallest absolute Gasteiger partial charge is 0.261 e. The molecule has 1 aromatic rings. The number of benzene rings is 1. The van der Waals surface area contributed by atoms with Crippen molar-refractivity contribution < 1.29 is 9.53 Å². The summed E-state index contributed by atoms with van der Waals surface area (Å²) in [5, 5.41) is 2.93. The fourth-order valence-electron chi connectivity index (χ4n) is 2.56. The van der Waals surface area contributed by atoms with Gasteiger partial charge < -0.3 is 15.8 Å². The van der Waals surface area contributed by atoms with Crippen LogP contribution in [0.25, 0.3) is 0 Å². The van der Waals surface area contributed by atoms with Gasteiger partial charge in [-0.25, -0.2) is 0 Å². The van der Waals surface area contributed by atoms with Gasteiger partial charge in [0, 0.05) is 12.6 Å². The van der Waals surface area contributed by atoms with E-state index < -0.39 is 6.10 Å². The second-order valence-electron chi connectivity index (χ2n) is 6.45. The second kappa shape index (κ2) is 9.14. The molecule has 0 aromatic heterocycles. The first kappa shape index (κ1) is 19.8. The van der Waals surface area contributed by atoms with Gasteiger partial charge in [0.15, 0.2) is 6.10 Å². The molecule has 1 amide bonds. The Bertz CT molecular complexity index is 504. The molecule has 0 heterocycles. The molecule has 1 aliphatic rings. The Morgan fingerprint density at radius 3 is 2.57 bits per heavy atom. The highest BCUT2D eigenvalue weighted by atomic mass is 35.5. The molecule has 2 unspecified atom stereocenters. The van der Waals surface area contributed by atoms with Gasteiger partial charge in [-0.05, 0) is 42.7 Å². The molecular formula is C18H29ClN2O2. The quantitative estimate of drug-likeness (QED) is 0.763. The maximum atomic E-state index is 12.3. The number of hydrogen-bond donors (Lipinski definition) is 2. The van der Waals surface area contributed by atoms with Crippen LogP contribution in [-0.4, -0.2) is 24.6 Å². The fraction of sp³-hybridized carbons (Fsp3) is 0.611. The van der Waals surface area contributed by atoms with Crippen molar-refractivity contribution in [2.75, 3.05) is 6.54 Å². The minimum absolute atomic E-state index is 0. The Balaban J connectivity index is 0.00000264. The molecule has 1 aromatic carbocycles. The average molecular weight is 341 g/mol.